The largest absolute Gasteiger partial charge is 0.416 e. The van der Waals surface area contributed by atoms with Crippen molar-refractivity contribution in [2.75, 3.05) is 11.1 Å². The number of halogens is 3. The van der Waals surface area contributed by atoms with Crippen molar-refractivity contribution in [3.63, 3.8) is 0 Å². The number of nitrogens with one attached hydrogen (secondary N) is 1. The van der Waals surface area contributed by atoms with Gasteiger partial charge in [-0.25, -0.2) is 13.1 Å². The van der Waals surface area contributed by atoms with E-state index >= 15 is 0 Å². The molecule has 2 aromatic rings. The van der Waals surface area contributed by atoms with Crippen LogP contribution in [0, 0.1) is 6.92 Å². The van der Waals surface area contributed by atoms with Crippen molar-refractivity contribution in [1.82, 2.24) is 9.78 Å². The minimum atomic E-state index is -4.43. The highest BCUT2D eigenvalue weighted by Crippen LogP contribution is 2.29. The molecule has 0 spiro atoms. The Kier molecular flexibility index (Phi) is 5.55. The molecule has 10 heteroatoms. The number of aromatic nitrogens is 2. The van der Waals surface area contributed by atoms with Crippen molar-refractivity contribution in [1.29, 1.82) is 0 Å². The van der Waals surface area contributed by atoms with E-state index in [9.17, 15) is 26.4 Å². The van der Waals surface area contributed by atoms with Crippen molar-refractivity contribution in [2.45, 2.75) is 19.5 Å². The minimum absolute atomic E-state index is 0.200. The summed E-state index contributed by atoms with van der Waals surface area (Å²) in [5, 5.41) is 7.38. The molecule has 0 bridgehead atoms. The van der Waals surface area contributed by atoms with E-state index in [0.29, 0.717) is 11.3 Å². The third-order valence-corrected chi connectivity index (χ3v) is 4.76. The summed E-state index contributed by atoms with van der Waals surface area (Å²) in [5.41, 5.74) is 0.183. The Morgan fingerprint density at radius 1 is 1.31 bits per heavy atom. The third-order valence-electron chi connectivity index (χ3n) is 3.48. The molecule has 1 heterocycles. The normalized spacial score (nSPS) is 12.0. The van der Waals surface area contributed by atoms with E-state index in [-0.39, 0.29) is 18.0 Å². The van der Waals surface area contributed by atoms with Crippen LogP contribution in [0.25, 0.3) is 5.69 Å². The molecular formula is C16H16F3N3O3S. The fourth-order valence-electron chi connectivity index (χ4n) is 2.03. The Labute approximate surface area is 148 Å². The molecule has 0 atom stereocenters. The van der Waals surface area contributed by atoms with Crippen LogP contribution < -0.4 is 5.32 Å². The first-order valence-electron chi connectivity index (χ1n) is 7.41. The number of alkyl halides is 3. The Morgan fingerprint density at radius 3 is 2.46 bits per heavy atom. The lowest BCUT2D eigenvalue weighted by atomic mass is 10.2. The highest BCUT2D eigenvalue weighted by atomic mass is 32.2. The van der Waals surface area contributed by atoms with Gasteiger partial charge < -0.3 is 5.32 Å². The molecule has 1 aromatic carbocycles. The quantitative estimate of drug-likeness (QED) is 0.826. The molecular weight excluding hydrogens is 371 g/mol. The number of hydrogen-bond acceptors (Lipinski definition) is 4. The molecule has 1 aromatic heterocycles. The van der Waals surface area contributed by atoms with E-state index in [2.05, 4.69) is 17.0 Å². The molecule has 0 radical (unpaired) electrons. The van der Waals surface area contributed by atoms with Gasteiger partial charge in [0.2, 0.25) is 5.91 Å². The zero-order valence-corrected chi connectivity index (χ0v) is 14.6. The smallest absolute Gasteiger partial charge is 0.309 e. The predicted molar refractivity (Wildman–Crippen MR) is 90.5 cm³/mol. The van der Waals surface area contributed by atoms with Crippen LogP contribution in [-0.4, -0.2) is 29.9 Å². The predicted octanol–water partition coefficient (Wildman–Crippen LogP) is 3.09. The summed E-state index contributed by atoms with van der Waals surface area (Å²) < 4.78 is 61.7. The lowest BCUT2D eigenvalue weighted by molar-refractivity contribution is -0.137. The first kappa shape index (κ1) is 19.7. The average Bonchev–Trinajstić information content (AvgIpc) is 2.93. The zero-order valence-electron chi connectivity index (χ0n) is 13.7. The van der Waals surface area contributed by atoms with Gasteiger partial charge in [-0.2, -0.15) is 13.2 Å². The molecule has 6 nitrogen and oxygen atoms in total. The van der Waals surface area contributed by atoms with Gasteiger partial charge in [-0.1, -0.05) is 6.58 Å². The summed E-state index contributed by atoms with van der Waals surface area (Å²) in [6.45, 7) is 4.82. The summed E-state index contributed by atoms with van der Waals surface area (Å²) in [6, 6.07) is 4.39. The Morgan fingerprint density at radius 2 is 1.92 bits per heavy atom. The van der Waals surface area contributed by atoms with Crippen molar-refractivity contribution < 1.29 is 26.4 Å². The van der Waals surface area contributed by atoms with Crippen LogP contribution in [0.2, 0.25) is 0 Å². The maximum Gasteiger partial charge on any atom is 0.416 e. The number of carbonyl (C=O) groups is 1. The summed E-state index contributed by atoms with van der Waals surface area (Å²) in [5.74, 6) is -0.719. The number of amides is 1. The average molecular weight is 387 g/mol. The standard InChI is InChI=1S/C16H16F3N3O3S/c1-3-26(24,25)9-8-14(23)20-15-11(2)10-22(21-15)13-6-4-12(5-7-13)16(17,18)19/h3-7,10H,1,8-9H2,2H3,(H,20,21,23). The highest BCUT2D eigenvalue weighted by Gasteiger charge is 2.30. The van der Waals surface area contributed by atoms with E-state index in [1.54, 1.807) is 13.1 Å². The molecule has 1 N–H and O–H groups in total. The second-order valence-corrected chi connectivity index (χ2v) is 7.55. The van der Waals surface area contributed by atoms with Crippen molar-refractivity contribution in [2.24, 2.45) is 0 Å². The molecule has 1 amide bonds. The first-order chi connectivity index (χ1) is 12.0. The van der Waals surface area contributed by atoms with Gasteiger partial charge in [0.25, 0.3) is 0 Å². The molecule has 0 aliphatic rings. The molecule has 0 fully saturated rings. The summed E-state index contributed by atoms with van der Waals surface area (Å²) >= 11 is 0. The fraction of sp³-hybridized carbons (Fsp3) is 0.250. The van der Waals surface area contributed by atoms with Gasteiger partial charge in [0.1, 0.15) is 0 Å². The SMILES string of the molecule is C=CS(=O)(=O)CCC(=O)Nc1nn(-c2ccc(C(F)(F)F)cc2)cc1C. The second-order valence-electron chi connectivity index (χ2n) is 5.48. The Hall–Kier alpha value is -2.62. The number of benzene rings is 1. The summed E-state index contributed by atoms with van der Waals surface area (Å²) in [6.07, 6.45) is -3.15. The molecule has 2 rings (SSSR count). The minimum Gasteiger partial charge on any atom is -0.309 e. The zero-order chi connectivity index (χ0) is 19.5. The van der Waals surface area contributed by atoms with Crippen LogP contribution in [0.15, 0.2) is 42.4 Å². The van der Waals surface area contributed by atoms with E-state index < -0.39 is 27.5 Å². The van der Waals surface area contributed by atoms with Crippen molar-refractivity contribution in [3.05, 3.63) is 53.6 Å². The van der Waals surface area contributed by atoms with Crippen LogP contribution in [0.5, 0.6) is 0 Å². The Balaban J connectivity index is 2.11. The van der Waals surface area contributed by atoms with E-state index in [0.717, 1.165) is 17.5 Å². The van der Waals surface area contributed by atoms with Crippen molar-refractivity contribution in [3.8, 4) is 5.69 Å². The van der Waals surface area contributed by atoms with Crippen LogP contribution in [0.3, 0.4) is 0 Å². The number of sulfone groups is 1. The van der Waals surface area contributed by atoms with Crippen molar-refractivity contribution >= 4 is 21.6 Å². The molecule has 0 unspecified atom stereocenters. The van der Waals surface area contributed by atoms with Gasteiger partial charge in [0.05, 0.1) is 17.0 Å². The first-order valence-corrected chi connectivity index (χ1v) is 9.12. The molecule has 140 valence electrons. The fourth-order valence-corrected chi connectivity index (χ4v) is 2.67. The molecule has 26 heavy (non-hydrogen) atoms. The van der Waals surface area contributed by atoms with Crippen LogP contribution in [-0.2, 0) is 20.8 Å². The molecule has 0 aliphatic heterocycles. The van der Waals surface area contributed by atoms with Gasteiger partial charge in [-0.3, -0.25) is 4.79 Å². The highest BCUT2D eigenvalue weighted by molar-refractivity contribution is 7.94. The monoisotopic (exact) mass is 387 g/mol. The van der Waals surface area contributed by atoms with Gasteiger partial charge in [0, 0.05) is 23.6 Å². The second kappa shape index (κ2) is 7.32. The Bertz CT molecular complexity index is 916. The molecule has 0 saturated heterocycles. The summed E-state index contributed by atoms with van der Waals surface area (Å²) in [7, 11) is -3.49. The van der Waals surface area contributed by atoms with Gasteiger partial charge in [-0.15, -0.1) is 5.10 Å². The topological polar surface area (TPSA) is 81.1 Å². The number of nitrogens with zero attached hydrogens (tertiary/aromatic N) is 2. The van der Waals surface area contributed by atoms with E-state index in [1.165, 1.54) is 16.8 Å². The van der Waals surface area contributed by atoms with E-state index in [4.69, 9.17) is 0 Å². The van der Waals surface area contributed by atoms with E-state index in [1.807, 2.05) is 0 Å². The maximum atomic E-state index is 12.6. The number of hydrogen-bond donors (Lipinski definition) is 1. The molecule has 0 aliphatic carbocycles. The van der Waals surface area contributed by atoms with Gasteiger partial charge in [0.15, 0.2) is 15.7 Å². The molecule has 0 saturated carbocycles. The number of anilines is 1. The van der Waals surface area contributed by atoms with Crippen LogP contribution >= 0.6 is 0 Å². The third kappa shape index (κ3) is 4.94. The lowest BCUT2D eigenvalue weighted by Crippen LogP contribution is -2.17. The van der Waals surface area contributed by atoms with Crippen LogP contribution in [0.4, 0.5) is 19.0 Å². The maximum absolute atomic E-state index is 12.6. The number of aryl methyl sites for hydroxylation is 1. The summed E-state index contributed by atoms with van der Waals surface area (Å²) in [4.78, 5) is 11.8. The lowest BCUT2D eigenvalue weighted by Gasteiger charge is -2.07. The van der Waals surface area contributed by atoms with Gasteiger partial charge in [-0.05, 0) is 31.2 Å². The number of carbonyl (C=O) groups excluding carboxylic acids is 1. The van der Waals surface area contributed by atoms with Gasteiger partial charge >= 0.3 is 6.18 Å². The van der Waals surface area contributed by atoms with Crippen LogP contribution in [0.1, 0.15) is 17.5 Å². The number of rotatable bonds is 6.